The van der Waals surface area contributed by atoms with Crippen LogP contribution in [0.3, 0.4) is 0 Å². The minimum Gasteiger partial charge on any atom is -0.496 e. The molecule has 2 aromatic rings. The molecule has 0 saturated carbocycles. The molecule has 0 aliphatic rings. The molecule has 3 nitrogen and oxygen atoms in total. The van der Waals surface area contributed by atoms with Crippen molar-refractivity contribution in [2.45, 2.75) is 12.4 Å². The van der Waals surface area contributed by atoms with E-state index in [1.807, 2.05) is 0 Å². The number of alkyl halides is 6. The molecule has 12 heteroatoms. The molecular formula is C14H6F9NO2. The van der Waals surface area contributed by atoms with Crippen LogP contribution in [0.2, 0.25) is 0 Å². The molecule has 142 valence electrons. The lowest BCUT2D eigenvalue weighted by Crippen LogP contribution is -2.27. The topological polar surface area (TPSA) is 31.2 Å². The second-order valence-electron chi connectivity index (χ2n) is 4.85. The standard InChI is InChI=1S/C14H6F9NO2/c1-26-7-4-5(2-3-6(7)13(17,18)19)8-9(14(20,21)22)10(15)11(16)24(23)12(8)25/h2-4H,1H3. The Morgan fingerprint density at radius 3 is 2.04 bits per heavy atom. The fourth-order valence-corrected chi connectivity index (χ4v) is 2.21. The average Bonchev–Trinajstić information content (AvgIpc) is 2.53. The number of halogens is 9. The molecule has 0 unspecified atom stereocenters. The van der Waals surface area contributed by atoms with Gasteiger partial charge in [0.15, 0.2) is 5.82 Å². The van der Waals surface area contributed by atoms with Crippen LogP contribution in [-0.4, -0.2) is 11.9 Å². The van der Waals surface area contributed by atoms with Crippen molar-refractivity contribution in [3.8, 4) is 16.9 Å². The molecule has 0 amide bonds. The lowest BCUT2D eigenvalue weighted by molar-refractivity contribution is -0.140. The molecule has 1 aromatic carbocycles. The van der Waals surface area contributed by atoms with Crippen LogP contribution in [0.1, 0.15) is 11.1 Å². The van der Waals surface area contributed by atoms with E-state index in [4.69, 9.17) is 0 Å². The van der Waals surface area contributed by atoms with Gasteiger partial charge in [0.25, 0.3) is 11.5 Å². The van der Waals surface area contributed by atoms with E-state index >= 15 is 0 Å². The molecule has 0 spiro atoms. The van der Waals surface area contributed by atoms with E-state index in [1.165, 1.54) is 0 Å². The first kappa shape index (κ1) is 19.7. The van der Waals surface area contributed by atoms with Gasteiger partial charge in [-0.3, -0.25) is 4.79 Å². The third kappa shape index (κ3) is 3.22. The predicted octanol–water partition coefficient (Wildman–Crippen LogP) is 4.57. The fourth-order valence-electron chi connectivity index (χ4n) is 2.21. The minimum atomic E-state index is -5.64. The normalized spacial score (nSPS) is 12.4. The molecule has 0 aliphatic carbocycles. The van der Waals surface area contributed by atoms with E-state index < -0.39 is 62.5 Å². The minimum absolute atomic E-state index is 0.262. The summed E-state index contributed by atoms with van der Waals surface area (Å²) in [5.74, 6) is -6.43. The van der Waals surface area contributed by atoms with Gasteiger partial charge < -0.3 is 4.74 Å². The third-order valence-electron chi connectivity index (χ3n) is 3.29. The van der Waals surface area contributed by atoms with Gasteiger partial charge in [-0.2, -0.15) is 30.7 Å². The van der Waals surface area contributed by atoms with Gasteiger partial charge in [0.05, 0.1) is 18.2 Å². The van der Waals surface area contributed by atoms with Crippen molar-refractivity contribution in [1.82, 2.24) is 4.79 Å². The molecule has 0 bridgehead atoms. The van der Waals surface area contributed by atoms with Gasteiger partial charge in [-0.15, -0.1) is 4.79 Å². The smallest absolute Gasteiger partial charge is 0.420 e. The molecule has 0 aliphatic heterocycles. The molecule has 1 aromatic heterocycles. The highest BCUT2D eigenvalue weighted by Crippen LogP contribution is 2.41. The van der Waals surface area contributed by atoms with E-state index in [2.05, 4.69) is 4.74 Å². The number of pyridine rings is 1. The number of hydrogen-bond acceptors (Lipinski definition) is 2. The highest BCUT2D eigenvalue weighted by atomic mass is 19.4. The van der Waals surface area contributed by atoms with Crippen molar-refractivity contribution >= 4 is 0 Å². The number of hydrogen-bond donors (Lipinski definition) is 0. The van der Waals surface area contributed by atoms with Crippen molar-refractivity contribution in [3.63, 3.8) is 0 Å². The number of benzene rings is 1. The zero-order valence-electron chi connectivity index (χ0n) is 12.4. The van der Waals surface area contributed by atoms with Crippen LogP contribution < -0.4 is 10.3 Å². The van der Waals surface area contributed by atoms with Gasteiger partial charge >= 0.3 is 12.4 Å². The molecule has 0 atom stereocenters. The summed E-state index contributed by atoms with van der Waals surface area (Å²) in [5, 5.41) is 0. The highest BCUT2D eigenvalue weighted by Gasteiger charge is 2.42. The zero-order valence-corrected chi connectivity index (χ0v) is 12.4. The summed E-state index contributed by atoms with van der Waals surface area (Å²) in [6.45, 7) is 0. The summed E-state index contributed by atoms with van der Waals surface area (Å²) in [4.78, 5) is 10.2. The second-order valence-corrected chi connectivity index (χ2v) is 4.85. The number of aromatic nitrogens is 1. The van der Waals surface area contributed by atoms with E-state index in [-0.39, 0.29) is 6.07 Å². The largest absolute Gasteiger partial charge is 0.496 e. The van der Waals surface area contributed by atoms with E-state index in [0.717, 1.165) is 7.11 Å². The number of rotatable bonds is 2. The molecule has 26 heavy (non-hydrogen) atoms. The second kappa shape index (κ2) is 6.25. The van der Waals surface area contributed by atoms with Crippen LogP contribution in [0.5, 0.6) is 5.75 Å². The van der Waals surface area contributed by atoms with Crippen LogP contribution in [-0.2, 0) is 12.4 Å². The first-order valence-electron chi connectivity index (χ1n) is 6.43. The quantitative estimate of drug-likeness (QED) is 0.555. The van der Waals surface area contributed by atoms with Gasteiger partial charge in [-0.05, 0) is 17.7 Å². The Bertz CT molecular complexity index is 913. The Hall–Kier alpha value is -2.66. The van der Waals surface area contributed by atoms with Crippen molar-refractivity contribution < 1.29 is 44.3 Å². The van der Waals surface area contributed by atoms with Gasteiger partial charge in [0.2, 0.25) is 0 Å². The van der Waals surface area contributed by atoms with Crippen molar-refractivity contribution in [1.29, 1.82) is 0 Å². The SMILES string of the molecule is COc1cc(-c2c(C(F)(F)F)c(F)c(F)n(F)c2=O)ccc1C(F)(F)F. The Labute approximate surface area is 138 Å². The monoisotopic (exact) mass is 391 g/mol. The lowest BCUT2D eigenvalue weighted by Gasteiger charge is -2.17. The zero-order chi connectivity index (χ0) is 20.0. The van der Waals surface area contributed by atoms with E-state index in [9.17, 15) is 44.4 Å². The van der Waals surface area contributed by atoms with Crippen LogP contribution in [0.4, 0.5) is 39.6 Å². The summed E-state index contributed by atoms with van der Waals surface area (Å²) in [6, 6.07) is 0.985. The maximum atomic E-state index is 13.6. The highest BCUT2D eigenvalue weighted by molar-refractivity contribution is 5.70. The molecule has 0 radical (unpaired) electrons. The fraction of sp³-hybridized carbons (Fsp3) is 0.214. The number of methoxy groups -OCH3 is 1. The Morgan fingerprint density at radius 1 is 1.00 bits per heavy atom. The summed E-state index contributed by atoms with van der Waals surface area (Å²) >= 11 is 0. The first-order chi connectivity index (χ1) is 11.8. The van der Waals surface area contributed by atoms with Gasteiger partial charge in [0.1, 0.15) is 11.3 Å². The summed E-state index contributed by atoms with van der Waals surface area (Å²) < 4.78 is 122. The first-order valence-corrected chi connectivity index (χ1v) is 6.43. The van der Waals surface area contributed by atoms with Crippen LogP contribution in [0.15, 0.2) is 23.0 Å². The average molecular weight is 391 g/mol. The van der Waals surface area contributed by atoms with E-state index in [0.29, 0.717) is 12.1 Å². The van der Waals surface area contributed by atoms with Crippen molar-refractivity contribution in [3.05, 3.63) is 51.4 Å². The van der Waals surface area contributed by atoms with Gasteiger partial charge in [0, 0.05) is 0 Å². The predicted molar refractivity (Wildman–Crippen MR) is 69.1 cm³/mol. The van der Waals surface area contributed by atoms with Crippen LogP contribution in [0.25, 0.3) is 11.1 Å². The van der Waals surface area contributed by atoms with Gasteiger partial charge in [-0.1, -0.05) is 10.5 Å². The van der Waals surface area contributed by atoms with Crippen molar-refractivity contribution in [2.75, 3.05) is 7.11 Å². The molecular weight excluding hydrogens is 385 g/mol. The molecule has 0 N–H and O–H groups in total. The van der Waals surface area contributed by atoms with Crippen LogP contribution in [0, 0.1) is 11.8 Å². The maximum Gasteiger partial charge on any atom is 0.420 e. The Morgan fingerprint density at radius 2 is 1.58 bits per heavy atom. The Kier molecular flexibility index (Phi) is 4.73. The number of nitrogens with zero attached hydrogens (tertiary/aromatic N) is 1. The summed E-state index contributed by atoms with van der Waals surface area (Å²) in [6.07, 6.45) is -10.6. The molecule has 0 fully saturated rings. The number of ether oxygens (including phenoxy) is 1. The third-order valence-corrected chi connectivity index (χ3v) is 3.29. The Balaban J connectivity index is 2.91. The van der Waals surface area contributed by atoms with E-state index in [1.54, 1.807) is 0 Å². The van der Waals surface area contributed by atoms with Gasteiger partial charge in [-0.25, -0.2) is 4.39 Å². The van der Waals surface area contributed by atoms with Crippen molar-refractivity contribution in [2.24, 2.45) is 0 Å². The lowest BCUT2D eigenvalue weighted by atomic mass is 9.98. The summed E-state index contributed by atoms with van der Waals surface area (Å²) in [5.41, 5.74) is -8.74. The molecule has 2 rings (SSSR count). The maximum absolute atomic E-state index is 13.6. The molecule has 0 saturated heterocycles. The summed E-state index contributed by atoms with van der Waals surface area (Å²) in [7, 11) is 0.762. The molecule has 1 heterocycles. The van der Waals surface area contributed by atoms with Crippen LogP contribution >= 0.6 is 0 Å².